The minimum absolute atomic E-state index is 0.0235. The molecule has 0 saturated carbocycles. The summed E-state index contributed by atoms with van der Waals surface area (Å²) in [6.07, 6.45) is -3.73. The number of halogens is 3. The lowest BCUT2D eigenvalue weighted by molar-refractivity contribution is -0.138. The summed E-state index contributed by atoms with van der Waals surface area (Å²) in [5.74, 6) is -1.76. The predicted octanol–water partition coefficient (Wildman–Crippen LogP) is 2.66. The molecule has 1 rings (SSSR count). The molecule has 0 saturated heterocycles. The molecule has 8 heteroatoms. The van der Waals surface area contributed by atoms with Crippen LogP contribution in [0.15, 0.2) is 30.0 Å². The van der Waals surface area contributed by atoms with Crippen molar-refractivity contribution in [1.82, 2.24) is 0 Å². The van der Waals surface area contributed by atoms with Crippen molar-refractivity contribution in [3.63, 3.8) is 0 Å². The van der Waals surface area contributed by atoms with Crippen molar-refractivity contribution in [2.75, 3.05) is 19.5 Å². The largest absolute Gasteiger partial charge is 0.466 e. The third-order valence-corrected chi connectivity index (χ3v) is 2.78. The van der Waals surface area contributed by atoms with Crippen molar-refractivity contribution in [2.45, 2.75) is 13.1 Å². The quantitative estimate of drug-likeness (QED) is 0.683. The number of hydrogen-bond acceptors (Lipinski definition) is 5. The molecule has 5 nitrogen and oxygen atoms in total. The van der Waals surface area contributed by atoms with Gasteiger partial charge in [-0.15, -0.1) is 0 Å². The lowest BCUT2D eigenvalue weighted by Crippen LogP contribution is -2.17. The van der Waals surface area contributed by atoms with E-state index in [1.165, 1.54) is 19.1 Å². The molecule has 0 bridgehead atoms. The summed E-state index contributed by atoms with van der Waals surface area (Å²) in [6.45, 7) is 1.25. The molecule has 0 heterocycles. The third-order valence-electron chi connectivity index (χ3n) is 2.78. The van der Waals surface area contributed by atoms with Crippen LogP contribution in [0.3, 0.4) is 0 Å². The fraction of sp³-hybridized carbons (Fsp3) is 0.286. The van der Waals surface area contributed by atoms with Gasteiger partial charge in [-0.2, -0.15) is 13.2 Å². The highest BCUT2D eigenvalue weighted by atomic mass is 19.4. The Kier molecular flexibility index (Phi) is 5.56. The number of benzene rings is 1. The van der Waals surface area contributed by atoms with E-state index in [-0.39, 0.29) is 16.9 Å². The highest BCUT2D eigenvalue weighted by Crippen LogP contribution is 2.34. The Labute approximate surface area is 124 Å². The van der Waals surface area contributed by atoms with Gasteiger partial charge < -0.3 is 14.8 Å². The highest BCUT2D eigenvalue weighted by Gasteiger charge is 2.33. The molecule has 0 unspecified atom stereocenters. The van der Waals surface area contributed by atoms with E-state index >= 15 is 0 Å². The van der Waals surface area contributed by atoms with Gasteiger partial charge >= 0.3 is 18.1 Å². The summed E-state index contributed by atoms with van der Waals surface area (Å²) in [7, 11) is 2.18. The number of alkyl halides is 3. The normalized spacial score (nSPS) is 11.8. The van der Waals surface area contributed by atoms with Gasteiger partial charge in [0.05, 0.1) is 25.9 Å². The first-order valence-corrected chi connectivity index (χ1v) is 6.02. The zero-order valence-electron chi connectivity index (χ0n) is 12.1. The molecule has 0 radical (unpaired) electrons. The molecule has 1 aromatic rings. The van der Waals surface area contributed by atoms with E-state index in [2.05, 4.69) is 14.8 Å². The van der Waals surface area contributed by atoms with E-state index in [0.29, 0.717) is 0 Å². The van der Waals surface area contributed by atoms with Gasteiger partial charge in [0, 0.05) is 5.69 Å². The second-order valence-electron chi connectivity index (χ2n) is 4.17. The summed E-state index contributed by atoms with van der Waals surface area (Å²) in [4.78, 5) is 22.8. The van der Waals surface area contributed by atoms with E-state index in [1.807, 2.05) is 0 Å². The van der Waals surface area contributed by atoms with Gasteiger partial charge in [0.1, 0.15) is 5.70 Å². The Bertz CT molecular complexity index is 609. The van der Waals surface area contributed by atoms with Gasteiger partial charge in [0.25, 0.3) is 0 Å². The molecule has 22 heavy (non-hydrogen) atoms. The number of methoxy groups -OCH3 is 2. The van der Waals surface area contributed by atoms with Crippen LogP contribution in [0.5, 0.6) is 0 Å². The maximum atomic E-state index is 12.8. The van der Waals surface area contributed by atoms with Crippen LogP contribution in [0.1, 0.15) is 11.1 Å². The van der Waals surface area contributed by atoms with E-state index in [9.17, 15) is 22.8 Å². The first-order chi connectivity index (χ1) is 10.2. The van der Waals surface area contributed by atoms with Crippen molar-refractivity contribution in [2.24, 2.45) is 0 Å². The first-order valence-electron chi connectivity index (χ1n) is 6.02. The number of carbonyl (C=O) groups is 2. The number of carbonyl (C=O) groups excluding carboxylic acids is 2. The molecule has 0 spiro atoms. The van der Waals surface area contributed by atoms with Gasteiger partial charge in [-0.3, -0.25) is 0 Å². The number of anilines is 1. The van der Waals surface area contributed by atoms with E-state index in [0.717, 1.165) is 26.4 Å². The molecule has 1 N–H and O–H groups in total. The lowest BCUT2D eigenvalue weighted by Gasteiger charge is -2.16. The van der Waals surface area contributed by atoms with Crippen LogP contribution in [-0.2, 0) is 25.2 Å². The van der Waals surface area contributed by atoms with Crippen LogP contribution in [0.4, 0.5) is 18.9 Å². The van der Waals surface area contributed by atoms with Gasteiger partial charge in [0.15, 0.2) is 0 Å². The average molecular weight is 317 g/mol. The average Bonchev–Trinajstić information content (AvgIpc) is 2.46. The summed E-state index contributed by atoms with van der Waals surface area (Å²) in [6, 6.07) is 3.45. The van der Waals surface area contributed by atoms with Crippen LogP contribution in [-0.4, -0.2) is 26.2 Å². The molecule has 0 amide bonds. The van der Waals surface area contributed by atoms with Crippen molar-refractivity contribution in [3.05, 3.63) is 41.1 Å². The van der Waals surface area contributed by atoms with E-state index in [1.54, 1.807) is 0 Å². The van der Waals surface area contributed by atoms with Crippen molar-refractivity contribution >= 4 is 17.6 Å². The topological polar surface area (TPSA) is 64.6 Å². The molecule has 0 aromatic heterocycles. The summed E-state index contributed by atoms with van der Waals surface area (Å²) in [5, 5.41) is 2.46. The number of hydrogen-bond donors (Lipinski definition) is 1. The minimum atomic E-state index is -4.53. The first kappa shape index (κ1) is 17.5. The van der Waals surface area contributed by atoms with Crippen LogP contribution >= 0.6 is 0 Å². The van der Waals surface area contributed by atoms with Crippen LogP contribution in [0.25, 0.3) is 0 Å². The number of nitrogens with one attached hydrogen (secondary N) is 1. The fourth-order valence-corrected chi connectivity index (χ4v) is 1.66. The van der Waals surface area contributed by atoms with E-state index in [4.69, 9.17) is 0 Å². The Hall–Kier alpha value is -2.51. The Morgan fingerprint density at radius 3 is 2.32 bits per heavy atom. The predicted molar refractivity (Wildman–Crippen MR) is 71.9 cm³/mol. The van der Waals surface area contributed by atoms with Crippen LogP contribution in [0, 0.1) is 6.92 Å². The maximum absolute atomic E-state index is 12.8. The van der Waals surface area contributed by atoms with Gasteiger partial charge in [-0.05, 0) is 24.6 Å². The third kappa shape index (κ3) is 4.24. The second-order valence-corrected chi connectivity index (χ2v) is 4.17. The fourth-order valence-electron chi connectivity index (χ4n) is 1.66. The molecule has 0 aliphatic rings. The Balaban J connectivity index is 3.23. The van der Waals surface area contributed by atoms with Gasteiger partial charge in [-0.1, -0.05) is 6.07 Å². The minimum Gasteiger partial charge on any atom is -0.466 e. The zero-order chi connectivity index (χ0) is 16.9. The summed E-state index contributed by atoms with van der Waals surface area (Å²) in [5.41, 5.74) is -1.28. The van der Waals surface area contributed by atoms with Gasteiger partial charge in [0.2, 0.25) is 0 Å². The molecule has 120 valence electrons. The molecule has 0 atom stereocenters. The summed E-state index contributed by atoms with van der Waals surface area (Å²) >= 11 is 0. The maximum Gasteiger partial charge on any atom is 0.416 e. The van der Waals surface area contributed by atoms with Crippen molar-refractivity contribution in [1.29, 1.82) is 0 Å². The molecular formula is C14H14F3NO4. The van der Waals surface area contributed by atoms with Crippen molar-refractivity contribution in [3.8, 4) is 0 Å². The van der Waals surface area contributed by atoms with E-state index < -0.39 is 23.7 Å². The summed E-state index contributed by atoms with van der Waals surface area (Å²) < 4.78 is 47.4. The Morgan fingerprint density at radius 2 is 1.82 bits per heavy atom. The van der Waals surface area contributed by atoms with Crippen LogP contribution in [0.2, 0.25) is 0 Å². The molecule has 0 aliphatic carbocycles. The smallest absolute Gasteiger partial charge is 0.416 e. The second kappa shape index (κ2) is 6.97. The molecule has 0 fully saturated rings. The lowest BCUT2D eigenvalue weighted by atomic mass is 10.1. The van der Waals surface area contributed by atoms with Crippen LogP contribution < -0.4 is 5.32 Å². The SMILES string of the molecule is COC(=O)/C=C(/Nc1cccc(C(F)(F)F)c1C)C(=O)OC. The van der Waals surface area contributed by atoms with Gasteiger partial charge in [-0.25, -0.2) is 9.59 Å². The molecule has 1 aromatic carbocycles. The zero-order valence-corrected chi connectivity index (χ0v) is 12.1. The number of esters is 2. The molecule has 0 aliphatic heterocycles. The number of ether oxygens (including phenoxy) is 2. The molecular weight excluding hydrogens is 303 g/mol. The monoisotopic (exact) mass is 317 g/mol. The highest BCUT2D eigenvalue weighted by molar-refractivity contribution is 5.98. The standard InChI is InChI=1S/C14H14F3NO4/c1-8-9(14(15,16)17)5-4-6-10(8)18-11(13(20)22-3)7-12(19)21-2/h4-7,18H,1-3H3/b11-7+. The Morgan fingerprint density at radius 1 is 1.18 bits per heavy atom. The number of rotatable bonds is 4. The van der Waals surface area contributed by atoms with Crippen molar-refractivity contribution < 1.29 is 32.2 Å².